The van der Waals surface area contributed by atoms with Gasteiger partial charge in [-0.05, 0) is 24.1 Å². The van der Waals surface area contributed by atoms with Gasteiger partial charge < -0.3 is 19.4 Å². The third-order valence-corrected chi connectivity index (χ3v) is 5.86. The molecule has 3 heterocycles. The van der Waals surface area contributed by atoms with E-state index < -0.39 is 5.82 Å². The second-order valence-electron chi connectivity index (χ2n) is 7.49. The van der Waals surface area contributed by atoms with Crippen LogP contribution >= 0.6 is 11.6 Å². The van der Waals surface area contributed by atoms with Crippen molar-refractivity contribution < 1.29 is 13.9 Å². The molecule has 0 bridgehead atoms. The molecule has 0 aliphatic carbocycles. The van der Waals surface area contributed by atoms with Gasteiger partial charge in [0.15, 0.2) is 5.82 Å². The first-order valence-electron chi connectivity index (χ1n) is 10.2. The molecule has 1 aromatic heterocycles. The summed E-state index contributed by atoms with van der Waals surface area (Å²) in [5, 5.41) is 8.53. The van der Waals surface area contributed by atoms with Crippen molar-refractivity contribution in [2.24, 2.45) is 0 Å². The highest BCUT2D eigenvalue weighted by atomic mass is 35.5. The van der Waals surface area contributed by atoms with Gasteiger partial charge in [0, 0.05) is 51.8 Å². The van der Waals surface area contributed by atoms with E-state index in [-0.39, 0.29) is 10.9 Å². The summed E-state index contributed by atoms with van der Waals surface area (Å²) in [4.78, 5) is 18.9. The zero-order valence-electron chi connectivity index (χ0n) is 16.8. The smallest absolute Gasteiger partial charge is 0.223 e. The quantitative estimate of drug-likeness (QED) is 0.721. The number of benzene rings is 1. The lowest BCUT2D eigenvalue weighted by Gasteiger charge is -2.36. The summed E-state index contributed by atoms with van der Waals surface area (Å²) < 4.78 is 18.7. The Balaban J connectivity index is 1.29. The Kier molecular flexibility index (Phi) is 6.64. The molecule has 0 unspecified atom stereocenters. The van der Waals surface area contributed by atoms with Gasteiger partial charge in [-0.15, -0.1) is 5.10 Å². The molecule has 0 N–H and O–H groups in total. The van der Waals surface area contributed by atoms with Gasteiger partial charge in [0.1, 0.15) is 5.82 Å². The minimum atomic E-state index is -0.440. The van der Waals surface area contributed by atoms with Crippen molar-refractivity contribution >= 4 is 29.0 Å². The molecule has 2 saturated heterocycles. The molecule has 7 nitrogen and oxygen atoms in total. The topological polar surface area (TPSA) is 61.8 Å². The van der Waals surface area contributed by atoms with Crippen LogP contribution in [0.4, 0.5) is 15.9 Å². The molecule has 0 saturated carbocycles. The maximum atomic E-state index is 13.3. The Labute approximate surface area is 180 Å². The maximum Gasteiger partial charge on any atom is 0.223 e. The number of nitrogens with zero attached hydrogens (tertiary/aromatic N) is 5. The van der Waals surface area contributed by atoms with Gasteiger partial charge in [-0.3, -0.25) is 4.79 Å². The molecule has 4 rings (SSSR count). The van der Waals surface area contributed by atoms with Crippen molar-refractivity contribution in [2.45, 2.75) is 12.8 Å². The molecule has 160 valence electrons. The van der Waals surface area contributed by atoms with Crippen molar-refractivity contribution in [3.8, 4) is 0 Å². The van der Waals surface area contributed by atoms with E-state index in [1.54, 1.807) is 18.3 Å². The number of carbonyl (C=O) groups excluding carboxylic acids is 1. The summed E-state index contributed by atoms with van der Waals surface area (Å²) >= 11 is 5.82. The predicted molar refractivity (Wildman–Crippen MR) is 114 cm³/mol. The Bertz CT molecular complexity index is 885. The average molecular weight is 434 g/mol. The van der Waals surface area contributed by atoms with Crippen molar-refractivity contribution in [3.63, 3.8) is 0 Å². The largest absolute Gasteiger partial charge is 0.378 e. The van der Waals surface area contributed by atoms with Gasteiger partial charge >= 0.3 is 0 Å². The number of hydrogen-bond acceptors (Lipinski definition) is 6. The van der Waals surface area contributed by atoms with E-state index in [0.29, 0.717) is 39.1 Å². The Morgan fingerprint density at radius 1 is 1.07 bits per heavy atom. The number of aryl methyl sites for hydroxylation is 1. The zero-order valence-corrected chi connectivity index (χ0v) is 17.5. The van der Waals surface area contributed by atoms with Crippen LogP contribution in [0.1, 0.15) is 12.0 Å². The molecule has 0 radical (unpaired) electrons. The van der Waals surface area contributed by atoms with E-state index in [1.165, 1.54) is 6.07 Å². The molecule has 2 aromatic rings. The summed E-state index contributed by atoms with van der Waals surface area (Å²) in [5.74, 6) is 0.537. The highest BCUT2D eigenvalue weighted by Crippen LogP contribution is 2.22. The fourth-order valence-electron chi connectivity index (χ4n) is 3.78. The van der Waals surface area contributed by atoms with Crippen LogP contribution in [0.15, 0.2) is 30.5 Å². The fraction of sp³-hybridized carbons (Fsp3) is 0.476. The number of carbonyl (C=O) groups is 1. The van der Waals surface area contributed by atoms with E-state index in [9.17, 15) is 9.18 Å². The molecule has 0 atom stereocenters. The van der Waals surface area contributed by atoms with E-state index >= 15 is 0 Å². The van der Waals surface area contributed by atoms with Crippen LogP contribution in [0.3, 0.4) is 0 Å². The lowest BCUT2D eigenvalue weighted by atomic mass is 10.1. The highest BCUT2D eigenvalue weighted by Gasteiger charge is 2.22. The summed E-state index contributed by atoms with van der Waals surface area (Å²) in [6, 6.07) is 6.67. The molecule has 9 heteroatoms. The average Bonchev–Trinajstić information content (AvgIpc) is 2.80. The summed E-state index contributed by atoms with van der Waals surface area (Å²) in [6.07, 6.45) is 2.72. The third kappa shape index (κ3) is 4.99. The van der Waals surface area contributed by atoms with Crippen LogP contribution in [-0.2, 0) is 16.0 Å². The summed E-state index contributed by atoms with van der Waals surface area (Å²) in [5.41, 5.74) is 1.89. The number of halogens is 2. The minimum absolute atomic E-state index is 0.0935. The normalized spacial score (nSPS) is 17.3. The van der Waals surface area contributed by atoms with Crippen molar-refractivity contribution in [1.82, 2.24) is 15.1 Å². The fourth-order valence-corrected chi connectivity index (χ4v) is 3.99. The number of piperazine rings is 1. The van der Waals surface area contributed by atoms with Gasteiger partial charge in [0.05, 0.1) is 30.1 Å². The van der Waals surface area contributed by atoms with Gasteiger partial charge in [0.25, 0.3) is 0 Å². The first-order valence-corrected chi connectivity index (χ1v) is 10.6. The number of ether oxygens (including phenoxy) is 1. The third-order valence-electron chi connectivity index (χ3n) is 5.57. The van der Waals surface area contributed by atoms with Gasteiger partial charge in [0.2, 0.25) is 5.91 Å². The van der Waals surface area contributed by atoms with E-state index in [1.807, 2.05) is 4.90 Å². The van der Waals surface area contributed by atoms with Crippen LogP contribution in [0.25, 0.3) is 0 Å². The molecule has 30 heavy (non-hydrogen) atoms. The van der Waals surface area contributed by atoms with Crippen LogP contribution in [-0.4, -0.2) is 73.5 Å². The lowest BCUT2D eigenvalue weighted by molar-refractivity contribution is -0.131. The molecular formula is C21H25ClFN5O2. The van der Waals surface area contributed by atoms with Gasteiger partial charge in [-0.1, -0.05) is 17.7 Å². The monoisotopic (exact) mass is 433 g/mol. The molecule has 2 fully saturated rings. The molecule has 1 amide bonds. The lowest BCUT2D eigenvalue weighted by Crippen LogP contribution is -2.49. The van der Waals surface area contributed by atoms with Crippen LogP contribution < -0.4 is 9.80 Å². The standard InChI is InChI=1S/C21H25ClFN5O2/c22-18-13-16(1-3-19(18)23)2-4-21(29)28-7-5-26(6-8-28)17-14-20(25-24-15-17)27-9-11-30-12-10-27/h1,3,13-15H,2,4-12H2. The Morgan fingerprint density at radius 2 is 1.83 bits per heavy atom. The predicted octanol–water partition coefficient (Wildman–Crippen LogP) is 2.39. The molecule has 1 aromatic carbocycles. The van der Waals surface area contributed by atoms with E-state index in [2.05, 4.69) is 26.1 Å². The van der Waals surface area contributed by atoms with Gasteiger partial charge in [-0.25, -0.2) is 4.39 Å². The van der Waals surface area contributed by atoms with Crippen molar-refractivity contribution in [3.05, 3.63) is 46.9 Å². The van der Waals surface area contributed by atoms with E-state index in [4.69, 9.17) is 16.3 Å². The van der Waals surface area contributed by atoms with Gasteiger partial charge in [-0.2, -0.15) is 5.10 Å². The second kappa shape index (κ2) is 9.57. The number of anilines is 2. The van der Waals surface area contributed by atoms with Crippen molar-refractivity contribution in [2.75, 3.05) is 62.3 Å². The van der Waals surface area contributed by atoms with Crippen LogP contribution in [0.5, 0.6) is 0 Å². The molecule has 0 spiro atoms. The summed E-state index contributed by atoms with van der Waals surface area (Å²) in [7, 11) is 0. The highest BCUT2D eigenvalue weighted by molar-refractivity contribution is 6.30. The zero-order chi connectivity index (χ0) is 20.9. The van der Waals surface area contributed by atoms with Crippen LogP contribution in [0, 0.1) is 5.82 Å². The second-order valence-corrected chi connectivity index (χ2v) is 7.89. The maximum absolute atomic E-state index is 13.3. The van der Waals surface area contributed by atoms with E-state index in [0.717, 1.165) is 43.2 Å². The first-order chi connectivity index (χ1) is 14.6. The Hall–Kier alpha value is -2.45. The number of morpholine rings is 1. The van der Waals surface area contributed by atoms with Crippen molar-refractivity contribution in [1.29, 1.82) is 0 Å². The first kappa shape index (κ1) is 20.8. The SMILES string of the molecule is O=C(CCc1ccc(F)c(Cl)c1)N1CCN(c2cnnc(N3CCOCC3)c2)CC1. The minimum Gasteiger partial charge on any atom is -0.378 e. The molecule has 2 aliphatic rings. The number of amides is 1. The molecular weight excluding hydrogens is 409 g/mol. The summed E-state index contributed by atoms with van der Waals surface area (Å²) in [6.45, 7) is 5.88. The molecule has 2 aliphatic heterocycles. The number of aromatic nitrogens is 2. The number of rotatable bonds is 5. The Morgan fingerprint density at radius 3 is 2.57 bits per heavy atom. The number of hydrogen-bond donors (Lipinski definition) is 0. The van der Waals surface area contributed by atoms with Crippen LogP contribution in [0.2, 0.25) is 5.02 Å².